The fourth-order valence-corrected chi connectivity index (χ4v) is 3.83. The van der Waals surface area contributed by atoms with Gasteiger partial charge in [0, 0.05) is 5.69 Å². The number of nitrogens with one attached hydrogen (secondary N) is 2. The molecule has 0 aromatic heterocycles. The molecule has 2 N–H and O–H groups in total. The number of benzene rings is 1. The maximum absolute atomic E-state index is 12.8. The van der Waals surface area contributed by atoms with Crippen molar-refractivity contribution in [2.75, 3.05) is 11.9 Å². The molecular weight excluding hydrogens is 396 g/mol. The van der Waals surface area contributed by atoms with Crippen LogP contribution < -0.4 is 15.4 Å². The number of imide groups is 1. The zero-order valence-corrected chi connectivity index (χ0v) is 15.7. The van der Waals surface area contributed by atoms with E-state index in [2.05, 4.69) is 15.4 Å². The van der Waals surface area contributed by atoms with Crippen LogP contribution in [-0.2, 0) is 9.59 Å². The average Bonchev–Trinajstić information content (AvgIpc) is 2.79. The van der Waals surface area contributed by atoms with Crippen molar-refractivity contribution in [3.63, 3.8) is 0 Å². The lowest BCUT2D eigenvalue weighted by molar-refractivity contribution is -0.134. The standard InChI is InChI=1S/C18H20ClF2N3O4/c19-12-9-11(5-6-13(12)28-16(20)21)22-14(25)10-24-15(26)18(23-17(24)27)7-3-1-2-4-8-18/h5-6,9,16H,1-4,7-8,10H2,(H,22,25)(H,23,27). The summed E-state index contributed by atoms with van der Waals surface area (Å²) in [6.07, 6.45) is 4.85. The molecule has 1 aliphatic carbocycles. The van der Waals surface area contributed by atoms with Crippen LogP contribution in [0.25, 0.3) is 0 Å². The Balaban J connectivity index is 1.64. The van der Waals surface area contributed by atoms with Crippen LogP contribution in [0.1, 0.15) is 38.5 Å². The van der Waals surface area contributed by atoms with Crippen molar-refractivity contribution in [1.82, 2.24) is 10.2 Å². The number of carbonyl (C=O) groups excluding carboxylic acids is 3. The molecule has 152 valence electrons. The molecule has 1 aliphatic heterocycles. The van der Waals surface area contributed by atoms with Crippen LogP contribution in [0.5, 0.6) is 5.75 Å². The highest BCUT2D eigenvalue weighted by atomic mass is 35.5. The zero-order valence-electron chi connectivity index (χ0n) is 15.0. The highest BCUT2D eigenvalue weighted by Gasteiger charge is 2.51. The maximum Gasteiger partial charge on any atom is 0.387 e. The number of hydrogen-bond donors (Lipinski definition) is 2. The Morgan fingerprint density at radius 3 is 2.54 bits per heavy atom. The van der Waals surface area contributed by atoms with Crippen LogP contribution in [-0.4, -0.2) is 41.4 Å². The Morgan fingerprint density at radius 1 is 1.25 bits per heavy atom. The molecule has 1 aromatic rings. The molecule has 10 heteroatoms. The number of amides is 4. The van der Waals surface area contributed by atoms with Crippen molar-refractivity contribution in [2.45, 2.75) is 50.7 Å². The summed E-state index contributed by atoms with van der Waals surface area (Å²) in [6, 6.07) is 3.19. The Kier molecular flexibility index (Phi) is 6.02. The molecule has 2 aliphatic rings. The van der Waals surface area contributed by atoms with Gasteiger partial charge in [-0.15, -0.1) is 0 Å². The van der Waals surface area contributed by atoms with Gasteiger partial charge in [-0.25, -0.2) is 4.79 Å². The number of hydrogen-bond acceptors (Lipinski definition) is 4. The Hall–Kier alpha value is -2.42. The second-order valence-electron chi connectivity index (χ2n) is 6.89. The van der Waals surface area contributed by atoms with Gasteiger partial charge < -0.3 is 15.4 Å². The minimum Gasteiger partial charge on any atom is -0.433 e. The van der Waals surface area contributed by atoms with Crippen molar-refractivity contribution in [3.05, 3.63) is 23.2 Å². The number of halogens is 3. The summed E-state index contributed by atoms with van der Waals surface area (Å²) in [4.78, 5) is 38.3. The largest absolute Gasteiger partial charge is 0.433 e. The summed E-state index contributed by atoms with van der Waals surface area (Å²) in [6.45, 7) is -3.46. The first-order chi connectivity index (χ1) is 13.3. The number of rotatable bonds is 5. The van der Waals surface area contributed by atoms with Crippen molar-refractivity contribution in [1.29, 1.82) is 0 Å². The fraction of sp³-hybridized carbons (Fsp3) is 0.500. The van der Waals surface area contributed by atoms with Gasteiger partial charge in [0.05, 0.1) is 5.02 Å². The number of alkyl halides is 2. The maximum atomic E-state index is 12.8. The smallest absolute Gasteiger partial charge is 0.387 e. The molecule has 0 unspecified atom stereocenters. The highest BCUT2D eigenvalue weighted by Crippen LogP contribution is 2.33. The minimum atomic E-state index is -3.02. The van der Waals surface area contributed by atoms with Gasteiger partial charge in [0.25, 0.3) is 5.91 Å². The Labute approximate surface area is 165 Å². The third-order valence-corrected chi connectivity index (χ3v) is 5.23. The van der Waals surface area contributed by atoms with E-state index in [1.165, 1.54) is 18.2 Å². The normalized spacial score (nSPS) is 18.9. The van der Waals surface area contributed by atoms with Gasteiger partial charge in [-0.05, 0) is 31.0 Å². The SMILES string of the molecule is O=C(CN1C(=O)NC2(CCCCCC2)C1=O)Nc1ccc(OC(F)F)c(Cl)c1. The predicted molar refractivity (Wildman–Crippen MR) is 97.4 cm³/mol. The van der Waals surface area contributed by atoms with E-state index in [9.17, 15) is 23.2 Å². The molecule has 0 radical (unpaired) electrons. The first-order valence-electron chi connectivity index (χ1n) is 8.99. The van der Waals surface area contributed by atoms with Crippen molar-refractivity contribution in [3.8, 4) is 5.75 Å². The number of urea groups is 1. The lowest BCUT2D eigenvalue weighted by Crippen LogP contribution is -2.47. The molecule has 1 spiro atoms. The van der Waals surface area contributed by atoms with Crippen LogP contribution in [0.15, 0.2) is 18.2 Å². The summed E-state index contributed by atoms with van der Waals surface area (Å²) in [5, 5.41) is 5.15. The molecule has 7 nitrogen and oxygen atoms in total. The molecule has 4 amide bonds. The first-order valence-corrected chi connectivity index (χ1v) is 9.37. The van der Waals surface area contributed by atoms with E-state index in [4.69, 9.17) is 11.6 Å². The van der Waals surface area contributed by atoms with Crippen LogP contribution in [0.3, 0.4) is 0 Å². The van der Waals surface area contributed by atoms with Crippen molar-refractivity contribution in [2.24, 2.45) is 0 Å². The molecule has 1 aromatic carbocycles. The predicted octanol–water partition coefficient (Wildman–Crippen LogP) is 3.52. The third-order valence-electron chi connectivity index (χ3n) is 4.94. The molecule has 3 rings (SSSR count). The fourth-order valence-electron chi connectivity index (χ4n) is 3.61. The molecule has 28 heavy (non-hydrogen) atoms. The van der Waals surface area contributed by atoms with E-state index in [0.29, 0.717) is 12.8 Å². The van der Waals surface area contributed by atoms with Gasteiger partial charge in [0.2, 0.25) is 5.91 Å². The zero-order chi connectivity index (χ0) is 20.3. The van der Waals surface area contributed by atoms with E-state index in [1.54, 1.807) is 0 Å². The minimum absolute atomic E-state index is 0.106. The van der Waals surface area contributed by atoms with Gasteiger partial charge in [-0.1, -0.05) is 37.3 Å². The number of anilines is 1. The molecular formula is C18H20ClF2N3O4. The highest BCUT2D eigenvalue weighted by molar-refractivity contribution is 6.32. The third kappa shape index (κ3) is 4.35. The van der Waals surface area contributed by atoms with E-state index >= 15 is 0 Å². The topological polar surface area (TPSA) is 87.7 Å². The summed E-state index contributed by atoms with van der Waals surface area (Å²) < 4.78 is 28.8. The summed E-state index contributed by atoms with van der Waals surface area (Å²) in [5.74, 6) is -1.21. The number of ether oxygens (including phenoxy) is 1. The molecule has 2 fully saturated rings. The first kappa shape index (κ1) is 20.3. The van der Waals surface area contributed by atoms with Crippen LogP contribution in [0, 0.1) is 0 Å². The van der Waals surface area contributed by atoms with Gasteiger partial charge in [-0.3, -0.25) is 14.5 Å². The number of carbonyl (C=O) groups is 3. The average molecular weight is 416 g/mol. The van der Waals surface area contributed by atoms with Crippen molar-refractivity contribution < 1.29 is 27.9 Å². The van der Waals surface area contributed by atoms with Crippen molar-refractivity contribution >= 4 is 35.1 Å². The summed E-state index contributed by atoms with van der Waals surface area (Å²) in [5.41, 5.74) is -0.682. The summed E-state index contributed by atoms with van der Waals surface area (Å²) >= 11 is 5.85. The lowest BCUT2D eigenvalue weighted by atomic mass is 9.90. The molecule has 1 saturated carbocycles. The number of nitrogens with zero attached hydrogens (tertiary/aromatic N) is 1. The van der Waals surface area contributed by atoms with Gasteiger partial charge in [0.1, 0.15) is 17.8 Å². The second kappa shape index (κ2) is 8.30. The quantitative estimate of drug-likeness (QED) is 0.720. The second-order valence-corrected chi connectivity index (χ2v) is 7.30. The Morgan fingerprint density at radius 2 is 1.93 bits per heavy atom. The van der Waals surface area contributed by atoms with Gasteiger partial charge in [0.15, 0.2) is 0 Å². The van der Waals surface area contributed by atoms with Crippen LogP contribution in [0.4, 0.5) is 19.3 Å². The van der Waals surface area contributed by atoms with Gasteiger partial charge in [-0.2, -0.15) is 8.78 Å². The van der Waals surface area contributed by atoms with E-state index in [1.807, 2.05) is 0 Å². The summed E-state index contributed by atoms with van der Waals surface area (Å²) in [7, 11) is 0. The van der Waals surface area contributed by atoms with E-state index in [0.717, 1.165) is 30.6 Å². The van der Waals surface area contributed by atoms with E-state index < -0.39 is 30.6 Å². The van der Waals surface area contributed by atoms with E-state index in [-0.39, 0.29) is 22.4 Å². The lowest BCUT2D eigenvalue weighted by Gasteiger charge is -2.24. The van der Waals surface area contributed by atoms with Crippen LogP contribution in [0.2, 0.25) is 5.02 Å². The monoisotopic (exact) mass is 415 g/mol. The molecule has 0 atom stereocenters. The Bertz CT molecular complexity index is 782. The molecule has 1 saturated heterocycles. The molecule has 1 heterocycles. The van der Waals surface area contributed by atoms with Crippen LogP contribution >= 0.6 is 11.6 Å². The van der Waals surface area contributed by atoms with Gasteiger partial charge >= 0.3 is 12.6 Å². The molecule has 0 bridgehead atoms.